The molecule has 28 heavy (non-hydrogen) atoms. The molecule has 1 N–H and O–H groups in total. The molecule has 0 radical (unpaired) electrons. The summed E-state index contributed by atoms with van der Waals surface area (Å²) in [6, 6.07) is 10.7. The summed E-state index contributed by atoms with van der Waals surface area (Å²) in [5, 5.41) is 2.79. The van der Waals surface area contributed by atoms with Crippen molar-refractivity contribution in [2.45, 2.75) is 13.5 Å². The molecule has 8 nitrogen and oxygen atoms in total. The molecule has 146 valence electrons. The van der Waals surface area contributed by atoms with Crippen LogP contribution in [0.4, 0.5) is 5.69 Å². The number of rotatable bonds is 5. The number of carbonyl (C=O) groups is 2. The van der Waals surface area contributed by atoms with E-state index in [9.17, 15) is 9.59 Å². The van der Waals surface area contributed by atoms with Crippen molar-refractivity contribution in [1.82, 2.24) is 4.90 Å². The van der Waals surface area contributed by atoms with Crippen molar-refractivity contribution in [3.05, 3.63) is 42.0 Å². The predicted octanol–water partition coefficient (Wildman–Crippen LogP) is 2.17. The molecule has 2 amide bonds. The fraction of sp³-hybridized carbons (Fsp3) is 0.300. The van der Waals surface area contributed by atoms with E-state index in [4.69, 9.17) is 18.9 Å². The summed E-state index contributed by atoms with van der Waals surface area (Å²) in [6.45, 7) is 2.82. The molecular weight excluding hydrogens is 364 g/mol. The maximum absolute atomic E-state index is 12.5. The molecule has 2 aliphatic heterocycles. The van der Waals surface area contributed by atoms with E-state index < -0.39 is 0 Å². The lowest BCUT2D eigenvalue weighted by atomic mass is 10.2. The zero-order valence-electron chi connectivity index (χ0n) is 15.4. The van der Waals surface area contributed by atoms with Crippen molar-refractivity contribution in [1.29, 1.82) is 0 Å². The van der Waals surface area contributed by atoms with Gasteiger partial charge in [0.1, 0.15) is 19.8 Å². The van der Waals surface area contributed by atoms with E-state index in [2.05, 4.69) is 5.32 Å². The number of nitrogens with zero attached hydrogens (tertiary/aromatic N) is 1. The Kier molecular flexibility index (Phi) is 4.92. The standard InChI is InChI=1S/C20H20N2O6/c1-13(23)22(10-14-2-4-17-18(8-14)28-12-27-17)11-20(24)21-15-3-5-16-19(9-15)26-7-6-25-16/h2-5,8-9H,6-7,10-12H2,1H3,(H,21,24). The Bertz CT molecular complexity index is 914. The van der Waals surface area contributed by atoms with Gasteiger partial charge in [0, 0.05) is 25.2 Å². The lowest BCUT2D eigenvalue weighted by molar-refractivity contribution is -0.133. The number of ether oxygens (including phenoxy) is 4. The topological polar surface area (TPSA) is 86.3 Å². The zero-order chi connectivity index (χ0) is 19.5. The highest BCUT2D eigenvalue weighted by Gasteiger charge is 2.18. The van der Waals surface area contributed by atoms with Gasteiger partial charge in [-0.2, -0.15) is 0 Å². The highest BCUT2D eigenvalue weighted by Crippen LogP contribution is 2.33. The quantitative estimate of drug-likeness (QED) is 0.850. The number of benzene rings is 2. The molecule has 8 heteroatoms. The third kappa shape index (κ3) is 3.95. The fourth-order valence-corrected chi connectivity index (χ4v) is 3.03. The summed E-state index contributed by atoms with van der Waals surface area (Å²) in [5.74, 6) is 2.06. The fourth-order valence-electron chi connectivity index (χ4n) is 3.03. The SMILES string of the molecule is CC(=O)N(CC(=O)Nc1ccc2c(c1)OCCO2)Cc1ccc2c(c1)OCO2. The van der Waals surface area contributed by atoms with Crippen LogP contribution in [0, 0.1) is 0 Å². The Morgan fingerprint density at radius 1 is 0.929 bits per heavy atom. The number of carbonyl (C=O) groups excluding carboxylic acids is 2. The molecular formula is C20H20N2O6. The van der Waals surface area contributed by atoms with E-state index in [-0.39, 0.29) is 25.2 Å². The average Bonchev–Trinajstić information content (AvgIpc) is 3.15. The first-order chi connectivity index (χ1) is 13.6. The maximum atomic E-state index is 12.5. The van der Waals surface area contributed by atoms with Crippen molar-refractivity contribution >= 4 is 17.5 Å². The molecule has 0 aliphatic carbocycles. The summed E-state index contributed by atoms with van der Waals surface area (Å²) < 4.78 is 21.6. The minimum Gasteiger partial charge on any atom is -0.486 e. The van der Waals surface area contributed by atoms with Gasteiger partial charge in [-0.1, -0.05) is 6.07 Å². The largest absolute Gasteiger partial charge is 0.486 e. The molecule has 2 aliphatic rings. The van der Waals surface area contributed by atoms with Crippen molar-refractivity contribution in [3.63, 3.8) is 0 Å². The minimum absolute atomic E-state index is 0.0712. The third-order valence-electron chi connectivity index (χ3n) is 4.42. The monoisotopic (exact) mass is 384 g/mol. The van der Waals surface area contributed by atoms with Crippen LogP contribution in [0.1, 0.15) is 12.5 Å². The third-order valence-corrected chi connectivity index (χ3v) is 4.42. The molecule has 0 unspecified atom stereocenters. The summed E-state index contributed by atoms with van der Waals surface area (Å²) in [5.41, 5.74) is 1.44. The van der Waals surface area contributed by atoms with Crippen LogP contribution in [0.5, 0.6) is 23.0 Å². The van der Waals surface area contributed by atoms with E-state index >= 15 is 0 Å². The molecule has 4 rings (SSSR count). The second-order valence-electron chi connectivity index (χ2n) is 6.47. The second kappa shape index (κ2) is 7.67. The lowest BCUT2D eigenvalue weighted by Gasteiger charge is -2.22. The number of hydrogen-bond donors (Lipinski definition) is 1. The van der Waals surface area contributed by atoms with Gasteiger partial charge in [0.2, 0.25) is 18.6 Å². The van der Waals surface area contributed by atoms with Crippen LogP contribution in [0.15, 0.2) is 36.4 Å². The molecule has 0 saturated heterocycles. The molecule has 0 fully saturated rings. The minimum atomic E-state index is -0.298. The second-order valence-corrected chi connectivity index (χ2v) is 6.47. The molecule has 0 saturated carbocycles. The van der Waals surface area contributed by atoms with Gasteiger partial charge in [-0.3, -0.25) is 9.59 Å². The highest BCUT2D eigenvalue weighted by atomic mass is 16.7. The molecule has 0 atom stereocenters. The van der Waals surface area contributed by atoms with Crippen molar-refractivity contribution in [2.24, 2.45) is 0 Å². The van der Waals surface area contributed by atoms with Gasteiger partial charge in [0.15, 0.2) is 23.0 Å². The molecule has 0 aromatic heterocycles. The Morgan fingerprint density at radius 3 is 2.43 bits per heavy atom. The van der Waals surface area contributed by atoms with Gasteiger partial charge in [0.05, 0.1) is 0 Å². The highest BCUT2D eigenvalue weighted by molar-refractivity contribution is 5.94. The van der Waals surface area contributed by atoms with Crippen molar-refractivity contribution in [3.8, 4) is 23.0 Å². The van der Waals surface area contributed by atoms with Crippen LogP contribution in [0.25, 0.3) is 0 Å². The van der Waals surface area contributed by atoms with E-state index in [1.54, 1.807) is 24.3 Å². The Hall–Kier alpha value is -3.42. The van der Waals surface area contributed by atoms with Gasteiger partial charge >= 0.3 is 0 Å². The van der Waals surface area contributed by atoms with Gasteiger partial charge in [0.25, 0.3) is 0 Å². The summed E-state index contributed by atoms with van der Waals surface area (Å²) in [4.78, 5) is 25.9. The van der Waals surface area contributed by atoms with Gasteiger partial charge in [-0.05, 0) is 29.8 Å². The van der Waals surface area contributed by atoms with Crippen molar-refractivity contribution in [2.75, 3.05) is 31.9 Å². The normalized spacial score (nSPS) is 13.8. The van der Waals surface area contributed by atoms with Gasteiger partial charge in [-0.25, -0.2) is 0 Å². The van der Waals surface area contributed by atoms with E-state index in [1.165, 1.54) is 11.8 Å². The van der Waals surface area contributed by atoms with Gasteiger partial charge in [-0.15, -0.1) is 0 Å². The van der Waals surface area contributed by atoms with Crippen LogP contribution in [0.3, 0.4) is 0 Å². The number of hydrogen-bond acceptors (Lipinski definition) is 6. The Labute approximate surface area is 161 Å². The van der Waals surface area contributed by atoms with E-state index in [0.29, 0.717) is 48.4 Å². The van der Waals surface area contributed by atoms with Crippen molar-refractivity contribution < 1.29 is 28.5 Å². The Morgan fingerprint density at radius 2 is 1.61 bits per heavy atom. The average molecular weight is 384 g/mol. The van der Waals surface area contributed by atoms with E-state index in [0.717, 1.165) is 5.56 Å². The smallest absolute Gasteiger partial charge is 0.244 e. The zero-order valence-corrected chi connectivity index (χ0v) is 15.4. The Balaban J connectivity index is 1.40. The summed E-state index contributed by atoms with van der Waals surface area (Å²) in [6.07, 6.45) is 0. The lowest BCUT2D eigenvalue weighted by Crippen LogP contribution is -2.36. The van der Waals surface area contributed by atoms with Gasteiger partial charge < -0.3 is 29.2 Å². The van der Waals surface area contributed by atoms with Crippen LogP contribution >= 0.6 is 0 Å². The van der Waals surface area contributed by atoms with E-state index in [1.807, 2.05) is 12.1 Å². The van der Waals surface area contributed by atoms with Crippen LogP contribution in [0.2, 0.25) is 0 Å². The predicted molar refractivity (Wildman–Crippen MR) is 99.7 cm³/mol. The molecule has 2 aromatic rings. The number of anilines is 1. The van der Waals surface area contributed by atoms with Crippen LogP contribution in [-0.2, 0) is 16.1 Å². The summed E-state index contributed by atoms with van der Waals surface area (Å²) in [7, 11) is 0. The molecule has 0 spiro atoms. The maximum Gasteiger partial charge on any atom is 0.244 e. The molecule has 2 aromatic carbocycles. The number of nitrogens with one attached hydrogen (secondary N) is 1. The van der Waals surface area contributed by atoms with Crippen LogP contribution in [-0.4, -0.2) is 43.3 Å². The molecule has 2 heterocycles. The number of fused-ring (bicyclic) bond motifs is 2. The first kappa shape index (κ1) is 18.0. The van der Waals surface area contributed by atoms with Crippen LogP contribution < -0.4 is 24.3 Å². The first-order valence-corrected chi connectivity index (χ1v) is 8.92. The molecule has 0 bridgehead atoms. The summed E-state index contributed by atoms with van der Waals surface area (Å²) >= 11 is 0. The number of amides is 2. The first-order valence-electron chi connectivity index (χ1n) is 8.92.